The molecule has 2 fully saturated rings. The predicted molar refractivity (Wildman–Crippen MR) is 74.2 cm³/mol. The predicted octanol–water partition coefficient (Wildman–Crippen LogP) is 2.89. The quantitative estimate of drug-likeness (QED) is 0.765. The van der Waals surface area contributed by atoms with Crippen LogP contribution >= 0.6 is 0 Å². The Bertz CT molecular complexity index is 223. The number of rotatable bonds is 6. The highest BCUT2D eigenvalue weighted by molar-refractivity contribution is 4.99. The summed E-state index contributed by atoms with van der Waals surface area (Å²) in [5, 5.41) is 3.59. The number of nitrogens with one attached hydrogen (secondary N) is 1. The molecule has 0 radical (unpaired) electrons. The van der Waals surface area contributed by atoms with Gasteiger partial charge in [-0.15, -0.1) is 0 Å². The molecule has 0 aromatic carbocycles. The molecule has 0 aromatic heterocycles. The van der Waals surface area contributed by atoms with Gasteiger partial charge in [-0.3, -0.25) is 4.90 Å². The van der Waals surface area contributed by atoms with E-state index < -0.39 is 0 Å². The monoisotopic (exact) mass is 238 g/mol. The number of fused-ring (bicyclic) bond motifs is 1. The largest absolute Gasteiger partial charge is 0.316 e. The molecule has 0 spiro atoms. The van der Waals surface area contributed by atoms with Gasteiger partial charge in [0.1, 0.15) is 0 Å². The summed E-state index contributed by atoms with van der Waals surface area (Å²) in [6.07, 6.45) is 6.82. The highest BCUT2D eigenvalue weighted by atomic mass is 15.2. The standard InChI is InChI=1S/C15H30N2/c1-4-7-13(8-5-2)17-11-12-9-16-10-14(12)15(17)6-3/h12-16H,4-11H2,1-3H3. The Labute approximate surface area is 107 Å². The van der Waals surface area contributed by atoms with Crippen molar-refractivity contribution < 1.29 is 0 Å². The van der Waals surface area contributed by atoms with Gasteiger partial charge >= 0.3 is 0 Å². The lowest BCUT2D eigenvalue weighted by molar-refractivity contribution is 0.138. The number of hydrogen-bond acceptors (Lipinski definition) is 2. The van der Waals surface area contributed by atoms with Gasteiger partial charge in [-0.1, -0.05) is 33.6 Å². The zero-order valence-corrected chi connectivity index (χ0v) is 11.9. The van der Waals surface area contributed by atoms with Crippen LogP contribution in [0.1, 0.15) is 52.9 Å². The minimum absolute atomic E-state index is 0.859. The van der Waals surface area contributed by atoms with Gasteiger partial charge in [0, 0.05) is 18.6 Å². The molecule has 0 aromatic rings. The van der Waals surface area contributed by atoms with E-state index in [0.29, 0.717) is 0 Å². The van der Waals surface area contributed by atoms with Crippen LogP contribution in [0.5, 0.6) is 0 Å². The van der Waals surface area contributed by atoms with Crippen molar-refractivity contribution in [2.24, 2.45) is 11.8 Å². The van der Waals surface area contributed by atoms with Crippen LogP contribution in [-0.2, 0) is 0 Å². The Morgan fingerprint density at radius 2 is 1.82 bits per heavy atom. The van der Waals surface area contributed by atoms with Crippen molar-refractivity contribution in [3.63, 3.8) is 0 Å². The van der Waals surface area contributed by atoms with Gasteiger partial charge in [0.2, 0.25) is 0 Å². The van der Waals surface area contributed by atoms with Crippen LogP contribution < -0.4 is 5.32 Å². The zero-order chi connectivity index (χ0) is 12.3. The second-order valence-corrected chi connectivity index (χ2v) is 5.99. The molecule has 2 nitrogen and oxygen atoms in total. The van der Waals surface area contributed by atoms with Gasteiger partial charge in [0.15, 0.2) is 0 Å². The van der Waals surface area contributed by atoms with E-state index in [1.807, 2.05) is 0 Å². The summed E-state index contributed by atoms with van der Waals surface area (Å²) < 4.78 is 0. The van der Waals surface area contributed by atoms with Crippen molar-refractivity contribution in [1.82, 2.24) is 10.2 Å². The molecule has 2 rings (SSSR count). The molecule has 2 aliphatic rings. The molecule has 2 heteroatoms. The van der Waals surface area contributed by atoms with Gasteiger partial charge in [-0.2, -0.15) is 0 Å². The Balaban J connectivity index is 2.02. The molecule has 0 saturated carbocycles. The molecule has 2 aliphatic heterocycles. The van der Waals surface area contributed by atoms with Crippen LogP contribution in [0.15, 0.2) is 0 Å². The normalized spacial score (nSPS) is 33.5. The van der Waals surface area contributed by atoms with E-state index in [2.05, 4.69) is 31.0 Å². The van der Waals surface area contributed by atoms with E-state index in [0.717, 1.165) is 23.9 Å². The molecule has 0 bridgehead atoms. The molecule has 100 valence electrons. The molecular weight excluding hydrogens is 208 g/mol. The molecule has 17 heavy (non-hydrogen) atoms. The van der Waals surface area contributed by atoms with Gasteiger partial charge in [0.25, 0.3) is 0 Å². The van der Waals surface area contributed by atoms with Crippen LogP contribution in [0.2, 0.25) is 0 Å². The molecule has 2 heterocycles. The average Bonchev–Trinajstić information content (AvgIpc) is 2.87. The van der Waals surface area contributed by atoms with E-state index in [1.54, 1.807) is 0 Å². The fourth-order valence-corrected chi connectivity index (χ4v) is 4.16. The molecule has 0 amide bonds. The lowest BCUT2D eigenvalue weighted by Gasteiger charge is -2.34. The fourth-order valence-electron chi connectivity index (χ4n) is 4.16. The van der Waals surface area contributed by atoms with Crippen molar-refractivity contribution in [1.29, 1.82) is 0 Å². The van der Waals surface area contributed by atoms with Crippen LogP contribution in [-0.4, -0.2) is 36.6 Å². The first-order valence-corrected chi connectivity index (χ1v) is 7.78. The second kappa shape index (κ2) is 6.19. The van der Waals surface area contributed by atoms with Crippen LogP contribution in [0.25, 0.3) is 0 Å². The van der Waals surface area contributed by atoms with Crippen LogP contribution in [0.4, 0.5) is 0 Å². The third-order valence-electron chi connectivity index (χ3n) is 4.89. The number of nitrogens with zero attached hydrogens (tertiary/aromatic N) is 1. The lowest BCUT2D eigenvalue weighted by Crippen LogP contribution is -2.42. The first-order valence-electron chi connectivity index (χ1n) is 7.78. The van der Waals surface area contributed by atoms with Crippen molar-refractivity contribution in [2.75, 3.05) is 19.6 Å². The third-order valence-corrected chi connectivity index (χ3v) is 4.89. The van der Waals surface area contributed by atoms with Crippen LogP contribution in [0, 0.1) is 11.8 Å². The lowest BCUT2D eigenvalue weighted by atomic mass is 9.92. The zero-order valence-electron chi connectivity index (χ0n) is 11.9. The van der Waals surface area contributed by atoms with Crippen molar-refractivity contribution in [3.8, 4) is 0 Å². The van der Waals surface area contributed by atoms with Crippen LogP contribution in [0.3, 0.4) is 0 Å². The summed E-state index contributed by atoms with van der Waals surface area (Å²) in [7, 11) is 0. The van der Waals surface area contributed by atoms with Gasteiger partial charge in [0.05, 0.1) is 0 Å². The summed E-state index contributed by atoms with van der Waals surface area (Å²) in [4.78, 5) is 2.88. The van der Waals surface area contributed by atoms with E-state index in [4.69, 9.17) is 0 Å². The maximum Gasteiger partial charge on any atom is 0.0140 e. The maximum absolute atomic E-state index is 3.59. The summed E-state index contributed by atoms with van der Waals surface area (Å²) in [6.45, 7) is 10.9. The maximum atomic E-state index is 3.59. The van der Waals surface area contributed by atoms with E-state index >= 15 is 0 Å². The highest BCUT2D eigenvalue weighted by Gasteiger charge is 2.44. The second-order valence-electron chi connectivity index (χ2n) is 5.99. The molecule has 0 aliphatic carbocycles. The third kappa shape index (κ3) is 2.68. The molecule has 2 saturated heterocycles. The SMILES string of the molecule is CCCC(CCC)N1CC2CNCC2C1CC. The van der Waals surface area contributed by atoms with E-state index in [9.17, 15) is 0 Å². The Kier molecular flexibility index (Phi) is 4.87. The topological polar surface area (TPSA) is 15.3 Å². The fraction of sp³-hybridized carbons (Fsp3) is 1.00. The van der Waals surface area contributed by atoms with Gasteiger partial charge < -0.3 is 5.32 Å². The van der Waals surface area contributed by atoms with Gasteiger partial charge in [-0.25, -0.2) is 0 Å². The average molecular weight is 238 g/mol. The molecule has 3 unspecified atom stereocenters. The first-order chi connectivity index (χ1) is 8.31. The molecule has 3 atom stereocenters. The highest BCUT2D eigenvalue weighted by Crippen LogP contribution is 2.37. The summed E-state index contributed by atoms with van der Waals surface area (Å²) in [5.41, 5.74) is 0. The summed E-state index contributed by atoms with van der Waals surface area (Å²) in [5.74, 6) is 1.88. The van der Waals surface area contributed by atoms with Crippen molar-refractivity contribution >= 4 is 0 Å². The first kappa shape index (κ1) is 13.4. The minimum Gasteiger partial charge on any atom is -0.316 e. The van der Waals surface area contributed by atoms with Crippen molar-refractivity contribution in [2.45, 2.75) is 65.0 Å². The number of hydrogen-bond donors (Lipinski definition) is 1. The van der Waals surface area contributed by atoms with Gasteiger partial charge in [-0.05, 0) is 44.2 Å². The van der Waals surface area contributed by atoms with E-state index in [-0.39, 0.29) is 0 Å². The number of likely N-dealkylation sites (tertiary alicyclic amines) is 1. The molecule has 1 N–H and O–H groups in total. The van der Waals surface area contributed by atoms with Crippen molar-refractivity contribution in [3.05, 3.63) is 0 Å². The Morgan fingerprint density at radius 3 is 2.41 bits per heavy atom. The smallest absolute Gasteiger partial charge is 0.0140 e. The molecular formula is C15H30N2. The Hall–Kier alpha value is -0.0800. The Morgan fingerprint density at radius 1 is 1.12 bits per heavy atom. The summed E-state index contributed by atoms with van der Waals surface area (Å²) >= 11 is 0. The summed E-state index contributed by atoms with van der Waals surface area (Å²) in [6, 6.07) is 1.72. The minimum atomic E-state index is 0.859. The van der Waals surface area contributed by atoms with E-state index in [1.165, 1.54) is 51.7 Å².